The van der Waals surface area contributed by atoms with Crippen molar-refractivity contribution in [1.29, 1.82) is 0 Å². The molecule has 29 heavy (non-hydrogen) atoms. The molecule has 0 fully saturated rings. The topological polar surface area (TPSA) is 105 Å². The molecule has 2 rings (SSSR count). The molecule has 0 heterocycles. The van der Waals surface area contributed by atoms with Gasteiger partial charge in [0.2, 0.25) is 5.75 Å². The van der Waals surface area contributed by atoms with Crippen molar-refractivity contribution in [2.45, 2.75) is 27.4 Å². The van der Waals surface area contributed by atoms with Gasteiger partial charge >= 0.3 is 23.9 Å². The van der Waals surface area contributed by atoms with Gasteiger partial charge < -0.3 is 18.9 Å². The summed E-state index contributed by atoms with van der Waals surface area (Å²) < 4.78 is 33.3. The van der Waals surface area contributed by atoms with Crippen molar-refractivity contribution >= 4 is 23.9 Å². The fraction of sp³-hybridized carbons (Fsp3) is 0.200. The summed E-state index contributed by atoms with van der Waals surface area (Å²) in [4.78, 5) is 46.5. The van der Waals surface area contributed by atoms with E-state index in [0.29, 0.717) is 5.56 Å². The summed E-state index contributed by atoms with van der Waals surface area (Å²) >= 11 is 0. The van der Waals surface area contributed by atoms with E-state index in [0.717, 1.165) is 32.9 Å². The predicted octanol–water partition coefficient (Wildman–Crippen LogP) is 2.96. The first-order valence-electron chi connectivity index (χ1n) is 8.30. The van der Waals surface area contributed by atoms with Gasteiger partial charge in [-0.25, -0.2) is 9.18 Å². The Labute approximate surface area is 165 Å². The second-order valence-electron chi connectivity index (χ2n) is 5.79. The minimum Gasteiger partial charge on any atom is -0.457 e. The molecule has 0 radical (unpaired) electrons. The van der Waals surface area contributed by atoms with Crippen molar-refractivity contribution in [3.05, 3.63) is 53.3 Å². The van der Waals surface area contributed by atoms with Gasteiger partial charge in [-0.1, -0.05) is 12.1 Å². The monoisotopic (exact) mass is 404 g/mol. The molecular weight excluding hydrogens is 387 g/mol. The Hall–Kier alpha value is -3.75. The molecule has 0 saturated heterocycles. The number of hydrogen-bond donors (Lipinski definition) is 0. The number of carbonyl (C=O) groups excluding carboxylic acids is 4. The third-order valence-corrected chi connectivity index (χ3v) is 3.27. The number of esters is 4. The van der Waals surface area contributed by atoms with Crippen LogP contribution in [0.3, 0.4) is 0 Å². The molecular formula is C20H17FO8. The summed E-state index contributed by atoms with van der Waals surface area (Å²) in [6.07, 6.45) is 0. The molecule has 9 heteroatoms. The van der Waals surface area contributed by atoms with Crippen LogP contribution in [0.5, 0.6) is 17.2 Å². The van der Waals surface area contributed by atoms with E-state index < -0.39 is 29.7 Å². The highest BCUT2D eigenvalue weighted by Crippen LogP contribution is 2.39. The largest absolute Gasteiger partial charge is 0.457 e. The first-order valence-corrected chi connectivity index (χ1v) is 8.30. The van der Waals surface area contributed by atoms with Crippen LogP contribution in [0.2, 0.25) is 0 Å². The van der Waals surface area contributed by atoms with Crippen LogP contribution in [0, 0.1) is 5.82 Å². The minimum absolute atomic E-state index is 0.148. The Balaban J connectivity index is 2.38. The highest BCUT2D eigenvalue weighted by atomic mass is 19.1. The Morgan fingerprint density at radius 1 is 0.828 bits per heavy atom. The lowest BCUT2D eigenvalue weighted by molar-refractivity contribution is -0.135. The lowest BCUT2D eigenvalue weighted by atomic mass is 10.1. The maximum atomic E-state index is 13.2. The number of rotatable bonds is 6. The average Bonchev–Trinajstić information content (AvgIpc) is 2.61. The molecule has 2 aromatic carbocycles. The van der Waals surface area contributed by atoms with Crippen molar-refractivity contribution in [2.24, 2.45) is 0 Å². The van der Waals surface area contributed by atoms with E-state index in [9.17, 15) is 23.6 Å². The molecule has 152 valence electrons. The lowest BCUT2D eigenvalue weighted by Gasteiger charge is -2.14. The van der Waals surface area contributed by atoms with E-state index in [1.807, 2.05) is 0 Å². The number of ether oxygens (including phenoxy) is 4. The van der Waals surface area contributed by atoms with Gasteiger partial charge in [-0.3, -0.25) is 14.4 Å². The summed E-state index contributed by atoms with van der Waals surface area (Å²) in [6, 6.07) is 7.67. The highest BCUT2D eigenvalue weighted by molar-refractivity contribution is 5.92. The van der Waals surface area contributed by atoms with Crippen LogP contribution in [0.25, 0.3) is 0 Å². The van der Waals surface area contributed by atoms with Gasteiger partial charge in [-0.15, -0.1) is 0 Å². The van der Waals surface area contributed by atoms with Gasteiger partial charge in [0.25, 0.3) is 0 Å². The summed E-state index contributed by atoms with van der Waals surface area (Å²) in [6.45, 7) is 3.06. The molecule has 0 spiro atoms. The smallest absolute Gasteiger partial charge is 0.338 e. The molecule has 0 unspecified atom stereocenters. The quantitative estimate of drug-likeness (QED) is 0.535. The zero-order chi connectivity index (χ0) is 21.6. The van der Waals surface area contributed by atoms with Gasteiger partial charge in [0.1, 0.15) is 12.4 Å². The molecule has 0 bridgehead atoms. The molecule has 0 amide bonds. The molecule has 0 aliphatic carbocycles. The van der Waals surface area contributed by atoms with Gasteiger partial charge in [0.05, 0.1) is 5.56 Å². The number of hydrogen-bond acceptors (Lipinski definition) is 8. The molecule has 8 nitrogen and oxygen atoms in total. The Morgan fingerprint density at radius 2 is 1.38 bits per heavy atom. The normalized spacial score (nSPS) is 10.1. The lowest BCUT2D eigenvalue weighted by Crippen LogP contribution is -2.13. The van der Waals surface area contributed by atoms with Crippen molar-refractivity contribution in [1.82, 2.24) is 0 Å². The SMILES string of the molecule is CC(=O)Oc1cc(C(=O)OCc2cccc(F)c2)cc(OC(C)=O)c1OC(C)=O. The second kappa shape index (κ2) is 9.45. The number of carbonyl (C=O) groups is 4. The van der Waals surface area contributed by atoms with Crippen LogP contribution in [0.15, 0.2) is 36.4 Å². The maximum absolute atomic E-state index is 13.2. The van der Waals surface area contributed by atoms with Crippen molar-refractivity contribution in [2.75, 3.05) is 0 Å². The molecule has 2 aromatic rings. The molecule has 0 aromatic heterocycles. The first kappa shape index (κ1) is 21.5. The molecule has 0 atom stereocenters. The summed E-state index contributed by atoms with van der Waals surface area (Å²) in [7, 11) is 0. The fourth-order valence-corrected chi connectivity index (χ4v) is 2.26. The van der Waals surface area contributed by atoms with Crippen LogP contribution in [-0.2, 0) is 25.7 Å². The van der Waals surface area contributed by atoms with Gasteiger partial charge in [-0.2, -0.15) is 0 Å². The molecule has 0 N–H and O–H groups in total. The van der Waals surface area contributed by atoms with Crippen molar-refractivity contribution in [3.8, 4) is 17.2 Å². The van der Waals surface area contributed by atoms with Crippen LogP contribution in [0.4, 0.5) is 4.39 Å². The zero-order valence-electron chi connectivity index (χ0n) is 15.8. The van der Waals surface area contributed by atoms with Crippen LogP contribution < -0.4 is 14.2 Å². The predicted molar refractivity (Wildman–Crippen MR) is 95.9 cm³/mol. The zero-order valence-corrected chi connectivity index (χ0v) is 15.8. The van der Waals surface area contributed by atoms with E-state index >= 15 is 0 Å². The summed E-state index contributed by atoms with van der Waals surface area (Å²) in [5, 5.41) is 0. The molecule has 0 aliphatic rings. The van der Waals surface area contributed by atoms with Gasteiger partial charge in [-0.05, 0) is 29.8 Å². The van der Waals surface area contributed by atoms with E-state index in [-0.39, 0.29) is 29.4 Å². The highest BCUT2D eigenvalue weighted by Gasteiger charge is 2.23. The maximum Gasteiger partial charge on any atom is 0.338 e. The third kappa shape index (κ3) is 6.42. The number of benzene rings is 2. The minimum atomic E-state index is -0.870. The van der Waals surface area contributed by atoms with Crippen LogP contribution in [0.1, 0.15) is 36.7 Å². The van der Waals surface area contributed by atoms with E-state index in [1.54, 1.807) is 6.07 Å². The summed E-state index contributed by atoms with van der Waals surface area (Å²) in [5.41, 5.74) is 0.264. The second-order valence-corrected chi connectivity index (χ2v) is 5.79. The van der Waals surface area contributed by atoms with Crippen molar-refractivity contribution in [3.63, 3.8) is 0 Å². The van der Waals surface area contributed by atoms with Gasteiger partial charge in [0.15, 0.2) is 11.5 Å². The third-order valence-electron chi connectivity index (χ3n) is 3.27. The number of halogens is 1. The Bertz CT molecular complexity index is 930. The Kier molecular flexibility index (Phi) is 7.02. The van der Waals surface area contributed by atoms with E-state index in [1.165, 1.54) is 18.2 Å². The van der Waals surface area contributed by atoms with E-state index in [4.69, 9.17) is 18.9 Å². The standard InChI is InChI=1S/C20H17FO8/c1-11(22)27-17-8-15(9-18(28-12(2)23)19(17)29-13(3)24)20(25)26-10-14-5-4-6-16(21)7-14/h4-9H,10H2,1-3H3. The fourth-order valence-electron chi connectivity index (χ4n) is 2.26. The van der Waals surface area contributed by atoms with Crippen LogP contribution in [-0.4, -0.2) is 23.9 Å². The van der Waals surface area contributed by atoms with Gasteiger partial charge in [0, 0.05) is 20.8 Å². The van der Waals surface area contributed by atoms with E-state index in [2.05, 4.69) is 0 Å². The average molecular weight is 404 g/mol. The first-order chi connectivity index (χ1) is 13.7. The van der Waals surface area contributed by atoms with Crippen LogP contribution >= 0.6 is 0 Å². The molecule has 0 aliphatic heterocycles. The Morgan fingerprint density at radius 3 is 1.86 bits per heavy atom. The van der Waals surface area contributed by atoms with Crippen molar-refractivity contribution < 1.29 is 42.5 Å². The molecule has 0 saturated carbocycles. The summed E-state index contributed by atoms with van der Waals surface area (Å²) in [5.74, 6) is -4.63.